The summed E-state index contributed by atoms with van der Waals surface area (Å²) in [5, 5.41) is 6.49. The molecule has 0 unspecified atom stereocenters. The molecule has 0 atom stereocenters. The molecule has 0 spiro atoms. The first-order valence-electron chi connectivity index (χ1n) is 12.4. The third-order valence-corrected chi connectivity index (χ3v) is 7.26. The number of benzene rings is 2. The molecule has 6 rings (SSSR count). The molecule has 1 aliphatic heterocycles. The van der Waals surface area contributed by atoms with Crippen LogP contribution in [0.15, 0.2) is 39.8 Å². The zero-order valence-corrected chi connectivity index (χ0v) is 20.5. The van der Waals surface area contributed by atoms with Crippen LogP contribution in [0.1, 0.15) is 40.2 Å². The van der Waals surface area contributed by atoms with Gasteiger partial charge in [0, 0.05) is 65.9 Å². The smallest absolute Gasteiger partial charge is 0.254 e. The predicted octanol–water partition coefficient (Wildman–Crippen LogP) is 5.00. The predicted molar refractivity (Wildman–Crippen MR) is 137 cm³/mol. The van der Waals surface area contributed by atoms with Crippen molar-refractivity contribution < 1.29 is 14.1 Å². The highest BCUT2D eigenvalue weighted by atomic mass is 16.5. The molecule has 35 heavy (non-hydrogen) atoms. The summed E-state index contributed by atoms with van der Waals surface area (Å²) in [6.07, 6.45) is 4.44. The summed E-state index contributed by atoms with van der Waals surface area (Å²) in [6.45, 7) is 7.35. The van der Waals surface area contributed by atoms with Gasteiger partial charge in [0.05, 0.1) is 24.4 Å². The quantitative estimate of drug-likeness (QED) is 0.385. The number of nitrogens with zero attached hydrogens (tertiary/aromatic N) is 4. The van der Waals surface area contributed by atoms with Gasteiger partial charge in [-0.15, -0.1) is 0 Å². The first-order valence-corrected chi connectivity index (χ1v) is 12.4. The number of fused-ring (bicyclic) bond motifs is 3. The number of amides is 1. The summed E-state index contributed by atoms with van der Waals surface area (Å²) >= 11 is 0. The minimum absolute atomic E-state index is 0.0742. The Hall–Kier alpha value is -3.45. The first kappa shape index (κ1) is 22.0. The van der Waals surface area contributed by atoms with E-state index in [4.69, 9.17) is 9.26 Å². The van der Waals surface area contributed by atoms with Crippen molar-refractivity contribution in [2.75, 3.05) is 33.4 Å². The molecule has 0 radical (unpaired) electrons. The van der Waals surface area contributed by atoms with Gasteiger partial charge in [-0.1, -0.05) is 11.2 Å². The van der Waals surface area contributed by atoms with Gasteiger partial charge in [0.25, 0.3) is 5.91 Å². The summed E-state index contributed by atoms with van der Waals surface area (Å²) in [7, 11) is 1.81. The van der Waals surface area contributed by atoms with E-state index in [1.807, 2.05) is 31.0 Å². The van der Waals surface area contributed by atoms with Crippen LogP contribution in [-0.2, 0) is 11.3 Å². The molecule has 3 heterocycles. The van der Waals surface area contributed by atoms with E-state index in [0.29, 0.717) is 32.2 Å². The lowest BCUT2D eigenvalue weighted by Crippen LogP contribution is -2.40. The fraction of sp³-hybridized carbons (Fsp3) is 0.393. The fourth-order valence-corrected chi connectivity index (χ4v) is 5.37. The summed E-state index contributed by atoms with van der Waals surface area (Å²) in [5.74, 6) is 1.56. The number of aryl methyl sites for hydroxylation is 2. The number of morpholine rings is 1. The third kappa shape index (κ3) is 3.84. The first-order chi connectivity index (χ1) is 17.0. The highest BCUT2D eigenvalue weighted by Gasteiger charge is 2.26. The molecule has 1 saturated carbocycles. The van der Waals surface area contributed by atoms with Gasteiger partial charge in [-0.2, -0.15) is 0 Å². The molecule has 0 bridgehead atoms. The van der Waals surface area contributed by atoms with Gasteiger partial charge in [-0.3, -0.25) is 9.79 Å². The van der Waals surface area contributed by atoms with E-state index in [-0.39, 0.29) is 5.91 Å². The molecule has 2 aliphatic rings. The van der Waals surface area contributed by atoms with E-state index in [0.717, 1.165) is 51.2 Å². The van der Waals surface area contributed by atoms with Gasteiger partial charge in [0.15, 0.2) is 0 Å². The maximum Gasteiger partial charge on any atom is 0.254 e. The van der Waals surface area contributed by atoms with Gasteiger partial charge >= 0.3 is 0 Å². The normalized spacial score (nSPS) is 16.7. The Labute approximate surface area is 204 Å². The van der Waals surface area contributed by atoms with Gasteiger partial charge in [0.2, 0.25) is 0 Å². The van der Waals surface area contributed by atoms with Crippen LogP contribution in [0, 0.1) is 19.8 Å². The Morgan fingerprint density at radius 3 is 2.63 bits per heavy atom. The minimum Gasteiger partial charge on any atom is -0.378 e. The molecule has 2 aromatic heterocycles. The van der Waals surface area contributed by atoms with Crippen LogP contribution in [0.25, 0.3) is 32.9 Å². The second-order valence-electron chi connectivity index (χ2n) is 9.74. The van der Waals surface area contributed by atoms with Crippen LogP contribution in [-0.4, -0.2) is 60.1 Å². The van der Waals surface area contributed by atoms with Crippen LogP contribution in [0.4, 0.5) is 0 Å². The fourth-order valence-electron chi connectivity index (χ4n) is 5.37. The van der Waals surface area contributed by atoms with E-state index in [9.17, 15) is 4.79 Å². The molecule has 1 amide bonds. The van der Waals surface area contributed by atoms with Crippen molar-refractivity contribution in [3.05, 3.63) is 52.9 Å². The zero-order valence-electron chi connectivity index (χ0n) is 20.5. The van der Waals surface area contributed by atoms with Crippen molar-refractivity contribution >= 4 is 33.9 Å². The highest BCUT2D eigenvalue weighted by Crippen LogP contribution is 2.40. The van der Waals surface area contributed by atoms with Gasteiger partial charge in [-0.05, 0) is 62.4 Å². The SMILES string of the molecule is C/N=C\c1cc(-c2c(C)noc2C)cc2c3ccc(C(=O)N4CCOCC4)cc3n(CC3CC3)c12. The van der Waals surface area contributed by atoms with E-state index < -0.39 is 0 Å². The van der Waals surface area contributed by atoms with Crippen LogP contribution in [0.3, 0.4) is 0 Å². The number of carbonyl (C=O) groups is 1. The number of hydrogen-bond donors (Lipinski definition) is 0. The van der Waals surface area contributed by atoms with E-state index >= 15 is 0 Å². The van der Waals surface area contributed by atoms with Crippen molar-refractivity contribution in [1.29, 1.82) is 0 Å². The molecule has 1 aliphatic carbocycles. The lowest BCUT2D eigenvalue weighted by atomic mass is 9.98. The largest absolute Gasteiger partial charge is 0.378 e. The third-order valence-electron chi connectivity index (χ3n) is 7.26. The average molecular weight is 471 g/mol. The second-order valence-corrected chi connectivity index (χ2v) is 9.74. The number of rotatable bonds is 5. The summed E-state index contributed by atoms with van der Waals surface area (Å²) in [6, 6.07) is 10.6. The summed E-state index contributed by atoms with van der Waals surface area (Å²) in [4.78, 5) is 19.6. The van der Waals surface area contributed by atoms with Crippen molar-refractivity contribution in [1.82, 2.24) is 14.6 Å². The van der Waals surface area contributed by atoms with E-state index in [2.05, 4.69) is 39.0 Å². The van der Waals surface area contributed by atoms with Crippen LogP contribution >= 0.6 is 0 Å². The molecular weight excluding hydrogens is 440 g/mol. The van der Waals surface area contributed by atoms with Crippen LogP contribution < -0.4 is 0 Å². The topological polar surface area (TPSA) is 72.9 Å². The van der Waals surface area contributed by atoms with Gasteiger partial charge in [-0.25, -0.2) is 0 Å². The van der Waals surface area contributed by atoms with Gasteiger partial charge in [0.1, 0.15) is 5.76 Å². The highest BCUT2D eigenvalue weighted by molar-refractivity contribution is 6.15. The number of ether oxygens (including phenoxy) is 1. The molecule has 2 aromatic carbocycles. The Morgan fingerprint density at radius 2 is 1.94 bits per heavy atom. The standard InChI is InChI=1S/C28H30N4O3/c1-17-26(18(2)35-30-17)21-12-22(15-29-3)27-24(13-21)23-7-6-20(28(33)31-8-10-34-11-9-31)14-25(23)32(27)16-19-4-5-19/h6-7,12-15,19H,4-5,8-11,16H2,1-3H3/b29-15-. The number of aromatic nitrogens is 2. The molecular formula is C28H30N4O3. The van der Waals surface area contributed by atoms with Crippen LogP contribution in [0.5, 0.6) is 0 Å². The zero-order chi connectivity index (χ0) is 24.1. The molecule has 0 N–H and O–H groups in total. The number of carbonyl (C=O) groups excluding carboxylic acids is 1. The maximum absolute atomic E-state index is 13.3. The lowest BCUT2D eigenvalue weighted by Gasteiger charge is -2.26. The molecule has 7 heteroatoms. The van der Waals surface area contributed by atoms with Crippen molar-refractivity contribution in [2.24, 2.45) is 10.9 Å². The molecule has 2 fully saturated rings. The van der Waals surface area contributed by atoms with E-state index in [1.54, 1.807) is 7.05 Å². The molecule has 1 saturated heterocycles. The lowest BCUT2D eigenvalue weighted by molar-refractivity contribution is 0.0303. The number of aliphatic imine (C=N–C) groups is 1. The number of hydrogen-bond acceptors (Lipinski definition) is 5. The monoisotopic (exact) mass is 470 g/mol. The van der Waals surface area contributed by atoms with Crippen LogP contribution in [0.2, 0.25) is 0 Å². The Kier molecular flexibility index (Phi) is 5.44. The maximum atomic E-state index is 13.3. The minimum atomic E-state index is 0.0742. The second kappa shape index (κ2) is 8.64. The Morgan fingerprint density at radius 1 is 1.14 bits per heavy atom. The average Bonchev–Trinajstić information content (AvgIpc) is 3.56. The molecule has 180 valence electrons. The Balaban J connectivity index is 1.58. The molecule has 7 nitrogen and oxygen atoms in total. The molecule has 4 aromatic rings. The van der Waals surface area contributed by atoms with Crippen molar-refractivity contribution in [3.63, 3.8) is 0 Å². The summed E-state index contributed by atoms with van der Waals surface area (Å²) in [5.41, 5.74) is 7.05. The van der Waals surface area contributed by atoms with Gasteiger partial charge < -0.3 is 18.7 Å². The Bertz CT molecular complexity index is 1450. The summed E-state index contributed by atoms with van der Waals surface area (Å²) < 4.78 is 13.3. The van der Waals surface area contributed by atoms with Crippen molar-refractivity contribution in [2.45, 2.75) is 33.2 Å². The van der Waals surface area contributed by atoms with E-state index in [1.165, 1.54) is 23.7 Å². The van der Waals surface area contributed by atoms with Crippen molar-refractivity contribution in [3.8, 4) is 11.1 Å².